The predicted molar refractivity (Wildman–Crippen MR) is 72.0 cm³/mol. The van der Waals surface area contributed by atoms with Crippen LogP contribution in [0.2, 0.25) is 0 Å². The number of carbonyl (C=O) groups is 1. The quantitative estimate of drug-likeness (QED) is 0.848. The average molecular weight is 232 g/mol. The Hall–Kier alpha value is -1.77. The number of hydrogen-bond acceptors (Lipinski definition) is 1. The standard InChI is InChI=1S/C14H20N2O/c1-4-16(13-8-6-5-7-9-13)14(17)15-11-10-12(2)3/h5-12H,4H2,1-3H3,(H,15,17)/b11-10+. The number of benzene rings is 1. The summed E-state index contributed by atoms with van der Waals surface area (Å²) in [5, 5.41) is 2.77. The van der Waals surface area contributed by atoms with Gasteiger partial charge in [0, 0.05) is 18.4 Å². The molecule has 0 radical (unpaired) electrons. The lowest BCUT2D eigenvalue weighted by atomic mass is 10.2. The smallest absolute Gasteiger partial charge is 0.315 e. The molecule has 1 rings (SSSR count). The molecule has 0 saturated carbocycles. The summed E-state index contributed by atoms with van der Waals surface area (Å²) >= 11 is 0. The molecule has 3 heteroatoms. The molecule has 0 fully saturated rings. The summed E-state index contributed by atoms with van der Waals surface area (Å²) in [4.78, 5) is 13.6. The van der Waals surface area contributed by atoms with Gasteiger partial charge in [-0.2, -0.15) is 0 Å². The summed E-state index contributed by atoms with van der Waals surface area (Å²) in [6.45, 7) is 6.74. The molecule has 17 heavy (non-hydrogen) atoms. The van der Waals surface area contributed by atoms with Gasteiger partial charge in [-0.1, -0.05) is 38.1 Å². The minimum Gasteiger partial charge on any atom is -0.315 e. The predicted octanol–water partition coefficient (Wildman–Crippen LogP) is 3.39. The molecule has 0 aromatic heterocycles. The molecule has 3 nitrogen and oxygen atoms in total. The topological polar surface area (TPSA) is 32.3 Å². The van der Waals surface area contributed by atoms with Crippen LogP contribution >= 0.6 is 0 Å². The fourth-order valence-electron chi connectivity index (χ4n) is 1.44. The summed E-state index contributed by atoms with van der Waals surface area (Å²) < 4.78 is 0. The molecule has 0 atom stereocenters. The minimum atomic E-state index is -0.101. The molecule has 0 saturated heterocycles. The first-order chi connectivity index (χ1) is 8.15. The van der Waals surface area contributed by atoms with Crippen molar-refractivity contribution in [1.29, 1.82) is 0 Å². The zero-order valence-corrected chi connectivity index (χ0v) is 10.7. The van der Waals surface area contributed by atoms with Gasteiger partial charge in [0.25, 0.3) is 0 Å². The summed E-state index contributed by atoms with van der Waals surface area (Å²) in [7, 11) is 0. The number of allylic oxidation sites excluding steroid dienone is 1. The molecule has 0 aliphatic carbocycles. The van der Waals surface area contributed by atoms with Crippen LogP contribution in [-0.2, 0) is 0 Å². The second kappa shape index (κ2) is 6.74. The monoisotopic (exact) mass is 232 g/mol. The summed E-state index contributed by atoms with van der Waals surface area (Å²) in [6.07, 6.45) is 3.66. The van der Waals surface area contributed by atoms with Gasteiger partial charge >= 0.3 is 6.03 Å². The van der Waals surface area contributed by atoms with Crippen molar-refractivity contribution in [1.82, 2.24) is 5.32 Å². The number of hydrogen-bond donors (Lipinski definition) is 1. The van der Waals surface area contributed by atoms with Gasteiger partial charge in [0.2, 0.25) is 0 Å². The Bertz CT molecular complexity index is 371. The number of amides is 2. The van der Waals surface area contributed by atoms with Crippen molar-refractivity contribution < 1.29 is 4.79 Å². The van der Waals surface area contributed by atoms with Crippen LogP contribution in [0.25, 0.3) is 0 Å². The average Bonchev–Trinajstić information content (AvgIpc) is 2.31. The van der Waals surface area contributed by atoms with Crippen LogP contribution in [0.3, 0.4) is 0 Å². The molecule has 92 valence electrons. The van der Waals surface area contributed by atoms with E-state index < -0.39 is 0 Å². The van der Waals surface area contributed by atoms with E-state index in [1.807, 2.05) is 43.3 Å². The molecule has 0 aliphatic rings. The van der Waals surface area contributed by atoms with Gasteiger partial charge in [0.15, 0.2) is 0 Å². The molecule has 0 aliphatic heterocycles. The van der Waals surface area contributed by atoms with E-state index in [0.29, 0.717) is 12.5 Å². The summed E-state index contributed by atoms with van der Waals surface area (Å²) in [6, 6.07) is 9.54. The largest absolute Gasteiger partial charge is 0.325 e. The first-order valence-electron chi connectivity index (χ1n) is 5.95. The Balaban J connectivity index is 2.65. The van der Waals surface area contributed by atoms with Crippen molar-refractivity contribution in [2.75, 3.05) is 11.4 Å². The molecule has 1 aromatic carbocycles. The van der Waals surface area contributed by atoms with Crippen LogP contribution in [0.4, 0.5) is 10.5 Å². The lowest BCUT2D eigenvalue weighted by molar-refractivity contribution is 0.249. The van der Waals surface area contributed by atoms with Crippen LogP contribution < -0.4 is 10.2 Å². The normalized spacial score (nSPS) is 10.8. The first kappa shape index (κ1) is 13.3. The maximum absolute atomic E-state index is 11.9. The number of nitrogens with zero attached hydrogens (tertiary/aromatic N) is 1. The molecule has 1 aromatic rings. The number of rotatable bonds is 4. The molecule has 0 heterocycles. The minimum absolute atomic E-state index is 0.101. The van der Waals surface area contributed by atoms with Gasteiger partial charge in [0.05, 0.1) is 0 Å². The number of carbonyl (C=O) groups excluding carboxylic acids is 1. The molecule has 2 amide bonds. The van der Waals surface area contributed by atoms with E-state index in [4.69, 9.17) is 0 Å². The third-order valence-electron chi connectivity index (χ3n) is 2.32. The van der Waals surface area contributed by atoms with E-state index in [1.165, 1.54) is 0 Å². The highest BCUT2D eigenvalue weighted by Gasteiger charge is 2.11. The lowest BCUT2D eigenvalue weighted by Crippen LogP contribution is -2.37. The lowest BCUT2D eigenvalue weighted by Gasteiger charge is -2.20. The highest BCUT2D eigenvalue weighted by Crippen LogP contribution is 2.12. The van der Waals surface area contributed by atoms with Crippen molar-refractivity contribution in [3.8, 4) is 0 Å². The van der Waals surface area contributed by atoms with Crippen LogP contribution in [0, 0.1) is 5.92 Å². The molecular weight excluding hydrogens is 212 g/mol. The third-order valence-corrected chi connectivity index (χ3v) is 2.32. The number of urea groups is 1. The van der Waals surface area contributed by atoms with E-state index in [2.05, 4.69) is 19.2 Å². The van der Waals surface area contributed by atoms with Crippen molar-refractivity contribution >= 4 is 11.7 Å². The van der Waals surface area contributed by atoms with Crippen molar-refractivity contribution in [3.05, 3.63) is 42.6 Å². The fraction of sp³-hybridized carbons (Fsp3) is 0.357. The number of nitrogens with one attached hydrogen (secondary N) is 1. The van der Waals surface area contributed by atoms with Gasteiger partial charge in [-0.15, -0.1) is 0 Å². The van der Waals surface area contributed by atoms with Gasteiger partial charge in [-0.05, 0) is 25.0 Å². The van der Waals surface area contributed by atoms with E-state index in [1.54, 1.807) is 11.1 Å². The second-order valence-corrected chi connectivity index (χ2v) is 4.13. The van der Waals surface area contributed by atoms with E-state index >= 15 is 0 Å². The zero-order valence-electron chi connectivity index (χ0n) is 10.7. The van der Waals surface area contributed by atoms with E-state index in [0.717, 1.165) is 5.69 Å². The van der Waals surface area contributed by atoms with Gasteiger partial charge in [-0.25, -0.2) is 4.79 Å². The first-order valence-corrected chi connectivity index (χ1v) is 5.95. The summed E-state index contributed by atoms with van der Waals surface area (Å²) in [5.74, 6) is 0.433. The Labute approximate surface area is 103 Å². The van der Waals surface area contributed by atoms with Crippen LogP contribution in [0.15, 0.2) is 42.6 Å². The highest BCUT2D eigenvalue weighted by molar-refractivity contribution is 5.92. The zero-order chi connectivity index (χ0) is 12.7. The fourth-order valence-corrected chi connectivity index (χ4v) is 1.44. The molecule has 0 spiro atoms. The SMILES string of the molecule is CCN(C(=O)N/C=C/C(C)C)c1ccccc1. The van der Waals surface area contributed by atoms with Gasteiger partial charge in [0.1, 0.15) is 0 Å². The molecular formula is C14H20N2O. The van der Waals surface area contributed by atoms with Gasteiger partial charge in [-0.3, -0.25) is 4.90 Å². The van der Waals surface area contributed by atoms with Gasteiger partial charge < -0.3 is 5.32 Å². The molecule has 0 bridgehead atoms. The maximum Gasteiger partial charge on any atom is 0.325 e. The van der Waals surface area contributed by atoms with Crippen molar-refractivity contribution in [2.24, 2.45) is 5.92 Å². The summed E-state index contributed by atoms with van der Waals surface area (Å²) in [5.41, 5.74) is 0.908. The van der Waals surface area contributed by atoms with Crippen molar-refractivity contribution in [2.45, 2.75) is 20.8 Å². The maximum atomic E-state index is 11.9. The van der Waals surface area contributed by atoms with Crippen LogP contribution in [0.5, 0.6) is 0 Å². The second-order valence-electron chi connectivity index (χ2n) is 4.13. The van der Waals surface area contributed by atoms with Crippen LogP contribution in [-0.4, -0.2) is 12.6 Å². The Kier molecular flexibility index (Phi) is 5.27. The number of para-hydroxylation sites is 1. The number of anilines is 1. The highest BCUT2D eigenvalue weighted by atomic mass is 16.2. The van der Waals surface area contributed by atoms with Crippen molar-refractivity contribution in [3.63, 3.8) is 0 Å². The van der Waals surface area contributed by atoms with Crippen LogP contribution in [0.1, 0.15) is 20.8 Å². The molecule has 1 N–H and O–H groups in total. The van der Waals surface area contributed by atoms with E-state index in [9.17, 15) is 4.79 Å². The Morgan fingerprint density at radius 3 is 2.53 bits per heavy atom. The Morgan fingerprint density at radius 2 is 2.00 bits per heavy atom. The Morgan fingerprint density at radius 1 is 1.35 bits per heavy atom. The van der Waals surface area contributed by atoms with E-state index in [-0.39, 0.29) is 6.03 Å². The molecule has 0 unspecified atom stereocenters. The third kappa shape index (κ3) is 4.31.